The maximum atomic E-state index is 11.6. The number of halogens is 1. The van der Waals surface area contributed by atoms with Gasteiger partial charge in [-0.25, -0.2) is 0 Å². The van der Waals surface area contributed by atoms with Crippen LogP contribution < -0.4 is 5.32 Å². The van der Waals surface area contributed by atoms with Crippen molar-refractivity contribution in [3.05, 3.63) is 34.6 Å². The second-order valence-electron chi connectivity index (χ2n) is 3.54. The average Bonchev–Trinajstić information content (AvgIpc) is 2.74. The van der Waals surface area contributed by atoms with E-state index < -0.39 is 0 Å². The molecule has 0 aliphatic rings. The number of aromatic nitrogens is 3. The van der Waals surface area contributed by atoms with Crippen LogP contribution in [0.25, 0.3) is 0 Å². The molecular formula is C11H11BrN4OS. The number of aromatic amines is 1. The smallest absolute Gasteiger partial charge is 0.248 e. The minimum absolute atomic E-state index is 0.123. The van der Waals surface area contributed by atoms with Crippen LogP contribution in [0.3, 0.4) is 0 Å². The number of amides is 1. The van der Waals surface area contributed by atoms with Crippen molar-refractivity contribution in [3.63, 3.8) is 0 Å². The summed E-state index contributed by atoms with van der Waals surface area (Å²) in [6, 6.07) is 7.80. The van der Waals surface area contributed by atoms with E-state index in [1.807, 2.05) is 24.3 Å². The number of thioether (sulfide) groups is 1. The summed E-state index contributed by atoms with van der Waals surface area (Å²) in [4.78, 5) is 16.7. The van der Waals surface area contributed by atoms with E-state index in [-0.39, 0.29) is 5.91 Å². The molecule has 18 heavy (non-hydrogen) atoms. The van der Waals surface area contributed by atoms with Gasteiger partial charge in [-0.05, 0) is 31.2 Å². The molecule has 1 heterocycles. The van der Waals surface area contributed by atoms with Crippen LogP contribution in [0.5, 0.6) is 0 Å². The van der Waals surface area contributed by atoms with Crippen molar-refractivity contribution >= 4 is 39.5 Å². The summed E-state index contributed by atoms with van der Waals surface area (Å²) in [7, 11) is 0. The molecule has 0 bridgehead atoms. The summed E-state index contributed by atoms with van der Waals surface area (Å²) in [6.07, 6.45) is 0. The number of H-pyrrole nitrogens is 1. The number of nitrogens with one attached hydrogen (secondary N) is 2. The SMILES string of the molecule is Cc1nc(NC(=O)CSc2ccc(Br)cc2)n[nH]1. The highest BCUT2D eigenvalue weighted by molar-refractivity contribution is 9.10. The fourth-order valence-corrected chi connectivity index (χ4v) is 2.20. The van der Waals surface area contributed by atoms with Gasteiger partial charge in [-0.1, -0.05) is 15.9 Å². The molecule has 0 aliphatic carbocycles. The van der Waals surface area contributed by atoms with E-state index in [2.05, 4.69) is 36.4 Å². The minimum atomic E-state index is -0.123. The number of aryl methyl sites for hydroxylation is 1. The molecule has 1 aromatic carbocycles. The summed E-state index contributed by atoms with van der Waals surface area (Å²) < 4.78 is 1.02. The van der Waals surface area contributed by atoms with Crippen LogP contribution in [-0.4, -0.2) is 26.8 Å². The van der Waals surface area contributed by atoms with Crippen LogP contribution in [0.2, 0.25) is 0 Å². The molecule has 2 rings (SSSR count). The van der Waals surface area contributed by atoms with Gasteiger partial charge in [-0.15, -0.1) is 16.9 Å². The predicted octanol–water partition coefficient (Wildman–Crippen LogP) is 2.61. The molecular weight excluding hydrogens is 316 g/mol. The first kappa shape index (κ1) is 13.1. The van der Waals surface area contributed by atoms with E-state index in [4.69, 9.17) is 0 Å². The zero-order valence-corrected chi connectivity index (χ0v) is 12.0. The first-order valence-corrected chi connectivity index (χ1v) is 6.98. The van der Waals surface area contributed by atoms with Gasteiger partial charge in [0.25, 0.3) is 0 Å². The first-order chi connectivity index (χ1) is 8.63. The second kappa shape index (κ2) is 6.01. The molecule has 7 heteroatoms. The van der Waals surface area contributed by atoms with Gasteiger partial charge in [0.15, 0.2) is 0 Å². The van der Waals surface area contributed by atoms with Crippen LogP contribution in [0.4, 0.5) is 5.95 Å². The number of benzene rings is 1. The van der Waals surface area contributed by atoms with Crippen LogP contribution in [0, 0.1) is 6.92 Å². The Bertz CT molecular complexity index is 540. The summed E-state index contributed by atoms with van der Waals surface area (Å²) in [5, 5.41) is 9.13. The number of hydrogen-bond donors (Lipinski definition) is 2. The number of rotatable bonds is 4. The predicted molar refractivity (Wildman–Crippen MR) is 74.6 cm³/mol. The third kappa shape index (κ3) is 3.85. The molecule has 94 valence electrons. The van der Waals surface area contributed by atoms with Crippen molar-refractivity contribution < 1.29 is 4.79 Å². The quantitative estimate of drug-likeness (QED) is 0.847. The Balaban J connectivity index is 1.83. The van der Waals surface area contributed by atoms with E-state index in [9.17, 15) is 4.79 Å². The lowest BCUT2D eigenvalue weighted by Gasteiger charge is -2.01. The molecule has 0 fully saturated rings. The fraction of sp³-hybridized carbons (Fsp3) is 0.182. The monoisotopic (exact) mass is 326 g/mol. The van der Waals surface area contributed by atoms with E-state index >= 15 is 0 Å². The number of carbonyl (C=O) groups excluding carboxylic acids is 1. The van der Waals surface area contributed by atoms with Gasteiger partial charge in [0.05, 0.1) is 5.75 Å². The topological polar surface area (TPSA) is 70.7 Å². The summed E-state index contributed by atoms with van der Waals surface area (Å²) in [5.41, 5.74) is 0. The highest BCUT2D eigenvalue weighted by Gasteiger charge is 2.06. The summed E-state index contributed by atoms with van der Waals surface area (Å²) in [5.74, 6) is 1.19. The molecule has 1 amide bonds. The van der Waals surface area contributed by atoms with E-state index in [0.29, 0.717) is 17.5 Å². The average molecular weight is 327 g/mol. The van der Waals surface area contributed by atoms with Crippen LogP contribution >= 0.6 is 27.7 Å². The van der Waals surface area contributed by atoms with Gasteiger partial charge >= 0.3 is 0 Å². The minimum Gasteiger partial charge on any atom is -0.292 e. The van der Waals surface area contributed by atoms with Crippen molar-refractivity contribution in [1.82, 2.24) is 15.2 Å². The van der Waals surface area contributed by atoms with E-state index in [1.54, 1.807) is 6.92 Å². The van der Waals surface area contributed by atoms with Crippen molar-refractivity contribution in [2.24, 2.45) is 0 Å². The van der Waals surface area contributed by atoms with Crippen LogP contribution in [-0.2, 0) is 4.79 Å². The lowest BCUT2D eigenvalue weighted by atomic mass is 10.4. The normalized spacial score (nSPS) is 10.3. The van der Waals surface area contributed by atoms with Crippen molar-refractivity contribution in [1.29, 1.82) is 0 Å². The van der Waals surface area contributed by atoms with E-state index in [0.717, 1.165) is 9.37 Å². The molecule has 0 saturated heterocycles. The molecule has 5 nitrogen and oxygen atoms in total. The van der Waals surface area contributed by atoms with Crippen molar-refractivity contribution in [3.8, 4) is 0 Å². The van der Waals surface area contributed by atoms with Gasteiger partial charge in [0.1, 0.15) is 5.82 Å². The van der Waals surface area contributed by atoms with Crippen LogP contribution in [0.1, 0.15) is 5.82 Å². The fourth-order valence-electron chi connectivity index (χ4n) is 1.24. The lowest BCUT2D eigenvalue weighted by Crippen LogP contribution is -2.15. The molecule has 0 atom stereocenters. The summed E-state index contributed by atoms with van der Waals surface area (Å²) >= 11 is 4.83. The molecule has 0 saturated carbocycles. The molecule has 0 spiro atoms. The van der Waals surface area contributed by atoms with Gasteiger partial charge in [0.2, 0.25) is 11.9 Å². The molecule has 0 radical (unpaired) electrons. The van der Waals surface area contributed by atoms with Gasteiger partial charge in [-0.3, -0.25) is 15.2 Å². The Morgan fingerprint density at radius 1 is 1.44 bits per heavy atom. The Morgan fingerprint density at radius 3 is 2.78 bits per heavy atom. The highest BCUT2D eigenvalue weighted by atomic mass is 79.9. The van der Waals surface area contributed by atoms with E-state index in [1.165, 1.54) is 11.8 Å². The zero-order valence-electron chi connectivity index (χ0n) is 9.61. The molecule has 0 aliphatic heterocycles. The molecule has 1 aromatic heterocycles. The number of anilines is 1. The standard InChI is InChI=1S/C11H11BrN4OS/c1-7-13-11(16-15-7)14-10(17)6-18-9-4-2-8(12)3-5-9/h2-5H,6H2,1H3,(H2,13,14,15,16,17). The third-order valence-corrected chi connectivity index (χ3v) is 3.57. The first-order valence-electron chi connectivity index (χ1n) is 5.21. The number of carbonyl (C=O) groups is 1. The summed E-state index contributed by atoms with van der Waals surface area (Å²) in [6.45, 7) is 1.78. The Hall–Kier alpha value is -1.34. The highest BCUT2D eigenvalue weighted by Crippen LogP contribution is 2.20. The van der Waals surface area contributed by atoms with Crippen molar-refractivity contribution in [2.75, 3.05) is 11.1 Å². The Morgan fingerprint density at radius 2 is 2.17 bits per heavy atom. The third-order valence-electron chi connectivity index (χ3n) is 2.03. The molecule has 2 N–H and O–H groups in total. The second-order valence-corrected chi connectivity index (χ2v) is 5.50. The van der Waals surface area contributed by atoms with Gasteiger partial charge in [-0.2, -0.15) is 4.98 Å². The zero-order chi connectivity index (χ0) is 13.0. The molecule has 2 aromatic rings. The number of hydrogen-bond acceptors (Lipinski definition) is 4. The maximum absolute atomic E-state index is 11.6. The Kier molecular flexibility index (Phi) is 4.38. The number of nitrogens with zero attached hydrogens (tertiary/aromatic N) is 2. The molecule has 0 unspecified atom stereocenters. The van der Waals surface area contributed by atoms with Crippen LogP contribution in [0.15, 0.2) is 33.6 Å². The largest absolute Gasteiger partial charge is 0.292 e. The van der Waals surface area contributed by atoms with Gasteiger partial charge < -0.3 is 0 Å². The lowest BCUT2D eigenvalue weighted by molar-refractivity contribution is -0.113. The van der Waals surface area contributed by atoms with Gasteiger partial charge in [0, 0.05) is 9.37 Å². The maximum Gasteiger partial charge on any atom is 0.248 e. The van der Waals surface area contributed by atoms with Crippen molar-refractivity contribution in [2.45, 2.75) is 11.8 Å². The Labute approximate surface area is 117 Å².